The van der Waals surface area contributed by atoms with Gasteiger partial charge in [0, 0.05) is 25.4 Å². The highest BCUT2D eigenvalue weighted by atomic mass is 16.2. The molecule has 0 aromatic carbocycles. The fraction of sp³-hybridized carbons (Fsp3) is 0.833. The van der Waals surface area contributed by atoms with E-state index in [-0.39, 0.29) is 11.8 Å². The monoisotopic (exact) mass is 241 g/mol. The van der Waals surface area contributed by atoms with Crippen LogP contribution < -0.4 is 16.4 Å². The number of hydrogen-bond acceptors (Lipinski definition) is 3. The van der Waals surface area contributed by atoms with Gasteiger partial charge in [-0.2, -0.15) is 0 Å². The lowest BCUT2D eigenvalue weighted by Crippen LogP contribution is -2.35. The minimum Gasteiger partial charge on any atom is -0.370 e. The Balaban J connectivity index is 1.98. The summed E-state index contributed by atoms with van der Waals surface area (Å²) in [6, 6.07) is 0.500. The zero-order chi connectivity index (χ0) is 12.5. The van der Waals surface area contributed by atoms with Crippen LogP contribution >= 0.6 is 0 Å². The van der Waals surface area contributed by atoms with E-state index in [1.165, 1.54) is 19.3 Å². The summed E-state index contributed by atoms with van der Waals surface area (Å²) in [5.41, 5.74) is 5.01. The van der Waals surface area contributed by atoms with Crippen LogP contribution in [0, 0.1) is 0 Å². The van der Waals surface area contributed by atoms with E-state index in [1.807, 2.05) is 0 Å². The van der Waals surface area contributed by atoms with Gasteiger partial charge in [0.05, 0.1) is 0 Å². The van der Waals surface area contributed by atoms with E-state index in [2.05, 4.69) is 10.6 Å². The van der Waals surface area contributed by atoms with Gasteiger partial charge in [0.2, 0.25) is 11.8 Å². The summed E-state index contributed by atoms with van der Waals surface area (Å²) in [5, 5.41) is 6.22. The number of nitrogens with one attached hydrogen (secondary N) is 2. The average molecular weight is 241 g/mol. The van der Waals surface area contributed by atoms with E-state index in [0.717, 1.165) is 13.0 Å². The van der Waals surface area contributed by atoms with Crippen molar-refractivity contribution in [2.45, 2.75) is 51.0 Å². The topological polar surface area (TPSA) is 84.2 Å². The Bertz CT molecular complexity index is 250. The molecule has 98 valence electrons. The summed E-state index contributed by atoms with van der Waals surface area (Å²) >= 11 is 0. The van der Waals surface area contributed by atoms with E-state index in [9.17, 15) is 9.59 Å². The number of nitrogens with two attached hydrogens (primary N) is 1. The largest absolute Gasteiger partial charge is 0.370 e. The Morgan fingerprint density at radius 2 is 2.12 bits per heavy atom. The van der Waals surface area contributed by atoms with Crippen molar-refractivity contribution in [2.75, 3.05) is 13.1 Å². The van der Waals surface area contributed by atoms with E-state index in [0.29, 0.717) is 31.8 Å². The van der Waals surface area contributed by atoms with Crippen molar-refractivity contribution in [3.05, 3.63) is 0 Å². The SMILES string of the molecule is NC(=O)CCCNC(=O)CCC1CCCCN1. The molecule has 0 radical (unpaired) electrons. The molecule has 0 saturated carbocycles. The van der Waals surface area contributed by atoms with E-state index in [1.54, 1.807) is 0 Å². The Morgan fingerprint density at radius 3 is 2.76 bits per heavy atom. The van der Waals surface area contributed by atoms with Gasteiger partial charge in [0.1, 0.15) is 0 Å². The van der Waals surface area contributed by atoms with Crippen LogP contribution in [0.25, 0.3) is 0 Å². The molecule has 1 aliphatic heterocycles. The second-order valence-electron chi connectivity index (χ2n) is 4.61. The Hall–Kier alpha value is -1.10. The number of piperidine rings is 1. The smallest absolute Gasteiger partial charge is 0.220 e. The van der Waals surface area contributed by atoms with Crippen LogP contribution in [0.2, 0.25) is 0 Å². The minimum absolute atomic E-state index is 0.0712. The Morgan fingerprint density at radius 1 is 1.29 bits per heavy atom. The Kier molecular flexibility index (Phi) is 6.62. The first-order valence-electron chi connectivity index (χ1n) is 6.47. The first-order chi connectivity index (χ1) is 8.18. The van der Waals surface area contributed by atoms with Gasteiger partial charge in [-0.05, 0) is 32.2 Å². The molecule has 4 N–H and O–H groups in total. The van der Waals surface area contributed by atoms with Gasteiger partial charge in [0.15, 0.2) is 0 Å². The van der Waals surface area contributed by atoms with Crippen LogP contribution in [-0.4, -0.2) is 30.9 Å². The van der Waals surface area contributed by atoms with Crippen molar-refractivity contribution in [3.8, 4) is 0 Å². The highest BCUT2D eigenvalue weighted by molar-refractivity contribution is 5.76. The van der Waals surface area contributed by atoms with Gasteiger partial charge in [-0.3, -0.25) is 9.59 Å². The van der Waals surface area contributed by atoms with Crippen LogP contribution in [0.15, 0.2) is 0 Å². The molecule has 0 aliphatic carbocycles. The summed E-state index contributed by atoms with van der Waals surface area (Å²) in [6.07, 6.45) is 6.12. The summed E-state index contributed by atoms with van der Waals surface area (Å²) in [5.74, 6) is -0.243. The van der Waals surface area contributed by atoms with Gasteiger partial charge in [-0.25, -0.2) is 0 Å². The summed E-state index contributed by atoms with van der Waals surface area (Å²) in [6.45, 7) is 1.62. The fourth-order valence-electron chi connectivity index (χ4n) is 2.05. The minimum atomic E-state index is -0.314. The summed E-state index contributed by atoms with van der Waals surface area (Å²) < 4.78 is 0. The first-order valence-corrected chi connectivity index (χ1v) is 6.47. The molecule has 1 aliphatic rings. The molecule has 0 spiro atoms. The third-order valence-corrected chi connectivity index (χ3v) is 3.05. The standard InChI is InChI=1S/C12H23N3O2/c13-11(16)5-3-9-15-12(17)7-6-10-4-1-2-8-14-10/h10,14H,1-9H2,(H2,13,16)(H,15,17). The number of amides is 2. The molecule has 1 rings (SSSR count). The molecular weight excluding hydrogens is 218 g/mol. The van der Waals surface area contributed by atoms with E-state index < -0.39 is 0 Å². The second-order valence-corrected chi connectivity index (χ2v) is 4.61. The van der Waals surface area contributed by atoms with Gasteiger partial charge in [-0.15, -0.1) is 0 Å². The molecule has 0 aromatic heterocycles. The van der Waals surface area contributed by atoms with E-state index in [4.69, 9.17) is 5.73 Å². The first kappa shape index (κ1) is 14.0. The van der Waals surface area contributed by atoms with Crippen molar-refractivity contribution in [2.24, 2.45) is 5.73 Å². The molecule has 2 amide bonds. The molecule has 1 saturated heterocycles. The highest BCUT2D eigenvalue weighted by Gasteiger charge is 2.13. The third-order valence-electron chi connectivity index (χ3n) is 3.05. The molecule has 1 fully saturated rings. The fourth-order valence-corrected chi connectivity index (χ4v) is 2.05. The van der Waals surface area contributed by atoms with Crippen molar-refractivity contribution in [1.29, 1.82) is 0 Å². The predicted molar refractivity (Wildman–Crippen MR) is 66.3 cm³/mol. The molecule has 5 nitrogen and oxygen atoms in total. The summed E-state index contributed by atoms with van der Waals surface area (Å²) in [7, 11) is 0. The second kappa shape index (κ2) is 8.06. The van der Waals surface area contributed by atoms with Crippen LogP contribution in [0.1, 0.15) is 44.9 Å². The van der Waals surface area contributed by atoms with Crippen LogP contribution in [0.3, 0.4) is 0 Å². The zero-order valence-corrected chi connectivity index (χ0v) is 10.3. The highest BCUT2D eigenvalue weighted by Crippen LogP contribution is 2.11. The van der Waals surface area contributed by atoms with Crippen molar-refractivity contribution in [1.82, 2.24) is 10.6 Å². The molecule has 1 heterocycles. The van der Waals surface area contributed by atoms with Gasteiger partial charge in [0.25, 0.3) is 0 Å². The quantitative estimate of drug-likeness (QED) is 0.560. The predicted octanol–water partition coefficient (Wildman–Crippen LogP) is 0.290. The molecule has 1 unspecified atom stereocenters. The van der Waals surface area contributed by atoms with E-state index >= 15 is 0 Å². The lowest BCUT2D eigenvalue weighted by Gasteiger charge is -2.23. The Labute approximate surface area is 103 Å². The third kappa shape index (κ3) is 6.94. The van der Waals surface area contributed by atoms with Crippen molar-refractivity contribution >= 4 is 11.8 Å². The van der Waals surface area contributed by atoms with Crippen LogP contribution in [0.4, 0.5) is 0 Å². The molecule has 0 aromatic rings. The van der Waals surface area contributed by atoms with Gasteiger partial charge < -0.3 is 16.4 Å². The number of carbonyl (C=O) groups excluding carboxylic acids is 2. The maximum atomic E-state index is 11.5. The maximum absolute atomic E-state index is 11.5. The van der Waals surface area contributed by atoms with Crippen LogP contribution in [0.5, 0.6) is 0 Å². The molecule has 0 bridgehead atoms. The number of rotatable bonds is 7. The molecule has 1 atom stereocenters. The maximum Gasteiger partial charge on any atom is 0.220 e. The van der Waals surface area contributed by atoms with Crippen molar-refractivity contribution < 1.29 is 9.59 Å². The van der Waals surface area contributed by atoms with Gasteiger partial charge in [-0.1, -0.05) is 6.42 Å². The molecular formula is C12H23N3O2. The molecule has 5 heteroatoms. The average Bonchev–Trinajstić information content (AvgIpc) is 2.33. The number of primary amides is 1. The lowest BCUT2D eigenvalue weighted by atomic mass is 10.0. The van der Waals surface area contributed by atoms with Gasteiger partial charge >= 0.3 is 0 Å². The number of hydrogen-bond donors (Lipinski definition) is 3. The lowest BCUT2D eigenvalue weighted by molar-refractivity contribution is -0.122. The normalized spacial score (nSPS) is 19.9. The molecule has 17 heavy (non-hydrogen) atoms. The van der Waals surface area contributed by atoms with Crippen LogP contribution in [-0.2, 0) is 9.59 Å². The number of carbonyl (C=O) groups is 2. The van der Waals surface area contributed by atoms with Crippen molar-refractivity contribution in [3.63, 3.8) is 0 Å². The zero-order valence-electron chi connectivity index (χ0n) is 10.3. The summed E-state index contributed by atoms with van der Waals surface area (Å²) in [4.78, 5) is 22.0.